The van der Waals surface area contributed by atoms with Crippen molar-refractivity contribution in [2.24, 2.45) is 0 Å². The molecule has 76 heavy (non-hydrogen) atoms. The predicted octanol–water partition coefficient (Wildman–Crippen LogP) is 20.9. The minimum atomic E-state index is -0.326. The van der Waals surface area contributed by atoms with E-state index in [1.54, 1.807) is 12.1 Å². The molecule has 2 nitrogen and oxygen atoms in total. The third kappa shape index (κ3) is 8.54. The summed E-state index contributed by atoms with van der Waals surface area (Å²) in [6.07, 6.45) is 0. The fourth-order valence-corrected chi connectivity index (χ4v) is 11.7. The highest BCUT2D eigenvalue weighted by Crippen LogP contribution is 2.53. The standard InChI is InChI=1S/C72H58F2N2/c1-43-13-9-17-53(35-43)57-39-61(55-19-11-15-45(3)37-55)71(63(73)41-57)75(65-29-21-47(5)33-49(65)7)67-31-25-51-24-28-60-68(32-26-52-23-27-59(67)69(51)70(52)60)76(66-30-22-48(6)34-50(66)8)72-62(56-20-12-16-46(4)38-56)40-58(42-64(72)74)54-18-10-14-44(2)36-54/h9-42H,1-8H3. The molecule has 0 fully saturated rings. The van der Waals surface area contributed by atoms with Crippen LogP contribution in [0.2, 0.25) is 0 Å². The van der Waals surface area contributed by atoms with E-state index >= 15 is 8.78 Å². The van der Waals surface area contributed by atoms with E-state index in [1.165, 1.54) is 0 Å². The molecule has 0 saturated carbocycles. The topological polar surface area (TPSA) is 6.48 Å². The van der Waals surface area contributed by atoms with Crippen molar-refractivity contribution < 1.29 is 8.78 Å². The van der Waals surface area contributed by atoms with Crippen LogP contribution in [0.4, 0.5) is 42.9 Å². The second kappa shape index (κ2) is 19.1. The zero-order chi connectivity index (χ0) is 52.5. The van der Waals surface area contributed by atoms with E-state index in [4.69, 9.17) is 0 Å². The predicted molar refractivity (Wildman–Crippen MR) is 319 cm³/mol. The van der Waals surface area contributed by atoms with Gasteiger partial charge in [-0.2, -0.15) is 0 Å². The van der Waals surface area contributed by atoms with Crippen molar-refractivity contribution in [3.63, 3.8) is 0 Å². The van der Waals surface area contributed by atoms with Gasteiger partial charge < -0.3 is 9.80 Å². The first-order chi connectivity index (χ1) is 36.8. The summed E-state index contributed by atoms with van der Waals surface area (Å²) < 4.78 is 36.2. The lowest BCUT2D eigenvalue weighted by atomic mass is 9.90. The Kier molecular flexibility index (Phi) is 12.1. The van der Waals surface area contributed by atoms with E-state index in [0.29, 0.717) is 11.4 Å². The molecule has 0 heterocycles. The van der Waals surface area contributed by atoms with E-state index < -0.39 is 0 Å². The number of rotatable bonds is 10. The maximum atomic E-state index is 18.1. The third-order valence-corrected chi connectivity index (χ3v) is 15.2. The van der Waals surface area contributed by atoms with Gasteiger partial charge in [0.05, 0.1) is 22.7 Å². The number of hydrogen-bond acceptors (Lipinski definition) is 2. The van der Waals surface area contributed by atoms with Crippen LogP contribution >= 0.6 is 0 Å². The molecule has 0 aromatic heterocycles. The van der Waals surface area contributed by atoms with Crippen molar-refractivity contribution in [2.45, 2.75) is 55.4 Å². The Hall–Kier alpha value is -8.86. The summed E-state index contributed by atoms with van der Waals surface area (Å²) in [4.78, 5) is 4.30. The molecular weight excluding hydrogens is 931 g/mol. The van der Waals surface area contributed by atoms with Crippen molar-refractivity contribution in [3.05, 3.63) is 262 Å². The van der Waals surface area contributed by atoms with Gasteiger partial charge in [-0.05, 0) is 170 Å². The molecule has 4 heteroatoms. The van der Waals surface area contributed by atoms with Crippen molar-refractivity contribution in [3.8, 4) is 44.5 Å². The van der Waals surface area contributed by atoms with Crippen molar-refractivity contribution in [1.82, 2.24) is 0 Å². The van der Waals surface area contributed by atoms with Crippen LogP contribution in [0.1, 0.15) is 44.5 Å². The maximum absolute atomic E-state index is 18.1. The number of nitrogens with zero attached hydrogens (tertiary/aromatic N) is 2. The summed E-state index contributed by atoms with van der Waals surface area (Å²) in [7, 11) is 0. The average Bonchev–Trinajstić information content (AvgIpc) is 3.55. The highest BCUT2D eigenvalue weighted by Gasteiger charge is 2.29. The van der Waals surface area contributed by atoms with Gasteiger partial charge in [-0.25, -0.2) is 8.78 Å². The first-order valence-corrected chi connectivity index (χ1v) is 26.2. The minimum absolute atomic E-state index is 0.326. The van der Waals surface area contributed by atoms with Gasteiger partial charge in [0.2, 0.25) is 0 Å². The van der Waals surface area contributed by atoms with Gasteiger partial charge >= 0.3 is 0 Å². The van der Waals surface area contributed by atoms with E-state index in [2.05, 4.69) is 247 Å². The van der Waals surface area contributed by atoms with Crippen molar-refractivity contribution in [1.29, 1.82) is 0 Å². The fourth-order valence-electron chi connectivity index (χ4n) is 11.7. The molecule has 370 valence electrons. The lowest BCUT2D eigenvalue weighted by molar-refractivity contribution is 0.629. The second-order valence-electron chi connectivity index (χ2n) is 21.0. The van der Waals surface area contributed by atoms with E-state index in [9.17, 15) is 0 Å². The van der Waals surface area contributed by atoms with Crippen LogP contribution in [0.5, 0.6) is 0 Å². The maximum Gasteiger partial charge on any atom is 0.148 e. The zero-order valence-corrected chi connectivity index (χ0v) is 44.3. The smallest absolute Gasteiger partial charge is 0.148 e. The van der Waals surface area contributed by atoms with Crippen LogP contribution in [-0.4, -0.2) is 0 Å². The molecule has 12 aromatic carbocycles. The van der Waals surface area contributed by atoms with Crippen LogP contribution < -0.4 is 9.80 Å². The molecule has 0 amide bonds. The van der Waals surface area contributed by atoms with Gasteiger partial charge in [0.1, 0.15) is 11.6 Å². The molecule has 0 spiro atoms. The van der Waals surface area contributed by atoms with Gasteiger partial charge in [0.15, 0.2) is 0 Å². The quantitative estimate of drug-likeness (QED) is 0.126. The fraction of sp³-hybridized carbons (Fsp3) is 0.111. The highest BCUT2D eigenvalue weighted by molar-refractivity contribution is 6.28. The van der Waals surface area contributed by atoms with Crippen LogP contribution in [0, 0.1) is 67.0 Å². The SMILES string of the molecule is Cc1cccc(-c2cc(F)c(N(c3ccc(C)cc3C)c3ccc4ccc5c(N(c6ccc(C)cc6C)c6c(F)cc(-c7cccc(C)c7)cc6-c6cccc(C)c6)ccc6ccc3c4c65)c(-c3cccc(C)c3)c2)c1. The summed E-state index contributed by atoms with van der Waals surface area (Å²) in [5.74, 6) is -0.653. The number of aryl methyl sites for hydroxylation is 8. The largest absolute Gasteiger partial charge is 0.306 e. The number of benzene rings is 12. The van der Waals surface area contributed by atoms with Gasteiger partial charge in [0.25, 0.3) is 0 Å². The number of anilines is 6. The molecule has 12 rings (SSSR count). The van der Waals surface area contributed by atoms with Crippen molar-refractivity contribution >= 4 is 66.4 Å². The zero-order valence-electron chi connectivity index (χ0n) is 44.3. The van der Waals surface area contributed by atoms with Crippen LogP contribution in [-0.2, 0) is 0 Å². The Morgan fingerprint density at radius 2 is 0.605 bits per heavy atom. The summed E-state index contributed by atoms with van der Waals surface area (Å²) in [6.45, 7) is 16.7. The Balaban J connectivity index is 1.15. The Bertz CT molecular complexity index is 3990. The Morgan fingerprint density at radius 1 is 0.276 bits per heavy atom. The Labute approximate surface area is 445 Å². The molecule has 0 radical (unpaired) electrons. The summed E-state index contributed by atoms with van der Waals surface area (Å²) in [5, 5.41) is 6.14. The summed E-state index contributed by atoms with van der Waals surface area (Å²) in [6, 6.07) is 71.2. The Morgan fingerprint density at radius 3 is 0.974 bits per heavy atom. The molecule has 0 aliphatic rings. The number of hydrogen-bond donors (Lipinski definition) is 0. The molecule has 12 aromatic rings. The minimum Gasteiger partial charge on any atom is -0.306 e. The third-order valence-electron chi connectivity index (χ3n) is 15.2. The van der Waals surface area contributed by atoms with Crippen LogP contribution in [0.15, 0.2) is 206 Å². The van der Waals surface area contributed by atoms with E-state index in [-0.39, 0.29) is 11.6 Å². The highest BCUT2D eigenvalue weighted by atomic mass is 19.1. The molecule has 0 aliphatic carbocycles. The van der Waals surface area contributed by atoms with Gasteiger partial charge in [-0.15, -0.1) is 0 Å². The molecule has 0 saturated heterocycles. The normalized spacial score (nSPS) is 11.6. The van der Waals surface area contributed by atoms with Crippen molar-refractivity contribution in [2.75, 3.05) is 9.80 Å². The van der Waals surface area contributed by atoms with E-state index in [0.717, 1.165) is 144 Å². The van der Waals surface area contributed by atoms with Gasteiger partial charge in [-0.1, -0.05) is 191 Å². The molecule has 0 aliphatic heterocycles. The average molecular weight is 989 g/mol. The molecule has 0 N–H and O–H groups in total. The molecule has 0 bridgehead atoms. The molecule has 0 atom stereocenters. The molecule has 0 unspecified atom stereocenters. The van der Waals surface area contributed by atoms with Crippen LogP contribution in [0.25, 0.3) is 76.8 Å². The van der Waals surface area contributed by atoms with Gasteiger partial charge in [0, 0.05) is 33.3 Å². The van der Waals surface area contributed by atoms with E-state index in [1.807, 2.05) is 12.1 Å². The van der Waals surface area contributed by atoms with Gasteiger partial charge in [-0.3, -0.25) is 0 Å². The first-order valence-electron chi connectivity index (χ1n) is 26.2. The number of halogens is 2. The molecular formula is C72H58F2N2. The monoisotopic (exact) mass is 988 g/mol. The second-order valence-corrected chi connectivity index (χ2v) is 21.0. The summed E-state index contributed by atoms with van der Waals surface area (Å²) >= 11 is 0. The lowest BCUT2D eigenvalue weighted by Gasteiger charge is -2.33. The summed E-state index contributed by atoms with van der Waals surface area (Å²) in [5.41, 5.74) is 20.1. The first kappa shape index (κ1) is 48.1. The van der Waals surface area contributed by atoms with Crippen LogP contribution in [0.3, 0.4) is 0 Å². The lowest BCUT2D eigenvalue weighted by Crippen LogP contribution is -2.16.